The van der Waals surface area contributed by atoms with E-state index in [1.807, 2.05) is 0 Å². The predicted molar refractivity (Wildman–Crippen MR) is 91.9 cm³/mol. The SMILES string of the molecule is C=C(OC)C1CCc2cc([C@@H]3CC[C@]4(COC(=O)N4)C3)ccc2C1. The Balaban J connectivity index is 1.49. The molecule has 128 valence electrons. The average Bonchev–Trinajstić information content (AvgIpc) is 3.19. The summed E-state index contributed by atoms with van der Waals surface area (Å²) in [5, 5.41) is 3.03. The Kier molecular flexibility index (Phi) is 3.78. The molecule has 3 aliphatic rings. The summed E-state index contributed by atoms with van der Waals surface area (Å²) < 4.78 is 10.5. The largest absolute Gasteiger partial charge is 0.501 e. The number of nitrogens with one attached hydrogen (secondary N) is 1. The summed E-state index contributed by atoms with van der Waals surface area (Å²) in [5.41, 5.74) is 4.19. The van der Waals surface area contributed by atoms with Crippen LogP contribution in [0.3, 0.4) is 0 Å². The number of carbonyl (C=O) groups excluding carboxylic acids is 1. The number of hydrogen-bond donors (Lipinski definition) is 1. The summed E-state index contributed by atoms with van der Waals surface area (Å²) in [6.07, 6.45) is 6.09. The number of methoxy groups -OCH3 is 1. The number of hydrogen-bond acceptors (Lipinski definition) is 3. The summed E-state index contributed by atoms with van der Waals surface area (Å²) >= 11 is 0. The first-order chi connectivity index (χ1) is 11.6. The summed E-state index contributed by atoms with van der Waals surface area (Å²) in [5.74, 6) is 1.86. The van der Waals surface area contributed by atoms with Gasteiger partial charge in [-0.2, -0.15) is 0 Å². The smallest absolute Gasteiger partial charge is 0.407 e. The first kappa shape index (κ1) is 15.6. The molecule has 1 saturated heterocycles. The normalized spacial score (nSPS) is 31.5. The molecule has 1 aromatic rings. The van der Waals surface area contributed by atoms with Gasteiger partial charge < -0.3 is 14.8 Å². The molecule has 1 N–H and O–H groups in total. The molecule has 1 amide bonds. The lowest BCUT2D eigenvalue weighted by molar-refractivity contribution is 0.172. The molecule has 3 atom stereocenters. The molecule has 4 heteroatoms. The maximum atomic E-state index is 11.4. The molecule has 1 aromatic carbocycles. The third kappa shape index (κ3) is 2.68. The van der Waals surface area contributed by atoms with Crippen molar-refractivity contribution in [2.24, 2.45) is 5.92 Å². The number of rotatable bonds is 3. The van der Waals surface area contributed by atoms with Gasteiger partial charge in [0.1, 0.15) is 6.61 Å². The molecule has 0 bridgehead atoms. The first-order valence-electron chi connectivity index (χ1n) is 8.88. The van der Waals surface area contributed by atoms with E-state index in [1.54, 1.807) is 7.11 Å². The topological polar surface area (TPSA) is 47.6 Å². The van der Waals surface area contributed by atoms with Crippen molar-refractivity contribution in [3.8, 4) is 0 Å². The molecule has 4 nitrogen and oxygen atoms in total. The van der Waals surface area contributed by atoms with E-state index in [9.17, 15) is 4.79 Å². The van der Waals surface area contributed by atoms with E-state index in [2.05, 4.69) is 30.1 Å². The van der Waals surface area contributed by atoms with Crippen molar-refractivity contribution >= 4 is 6.09 Å². The van der Waals surface area contributed by atoms with Crippen LogP contribution in [0.4, 0.5) is 4.79 Å². The number of allylic oxidation sites excluding steroid dienone is 1. The van der Waals surface area contributed by atoms with Crippen LogP contribution in [-0.4, -0.2) is 25.3 Å². The zero-order valence-electron chi connectivity index (χ0n) is 14.3. The minimum absolute atomic E-state index is 0.126. The fourth-order valence-corrected chi connectivity index (χ4v) is 4.62. The Hall–Kier alpha value is -1.97. The van der Waals surface area contributed by atoms with Crippen LogP contribution in [0.5, 0.6) is 0 Å². The number of alkyl carbamates (subject to hydrolysis) is 1. The Morgan fingerprint density at radius 2 is 2.25 bits per heavy atom. The zero-order valence-corrected chi connectivity index (χ0v) is 14.3. The lowest BCUT2D eigenvalue weighted by atomic mass is 9.81. The van der Waals surface area contributed by atoms with Gasteiger partial charge in [-0.05, 0) is 61.1 Å². The summed E-state index contributed by atoms with van der Waals surface area (Å²) in [6, 6.07) is 6.95. The van der Waals surface area contributed by atoms with Crippen LogP contribution in [-0.2, 0) is 22.3 Å². The van der Waals surface area contributed by atoms with Gasteiger partial charge in [-0.1, -0.05) is 24.8 Å². The van der Waals surface area contributed by atoms with E-state index in [0.29, 0.717) is 18.4 Å². The van der Waals surface area contributed by atoms with Crippen LogP contribution in [0.25, 0.3) is 0 Å². The maximum Gasteiger partial charge on any atom is 0.407 e. The highest BCUT2D eigenvalue weighted by Gasteiger charge is 2.46. The molecule has 1 spiro atoms. The molecule has 0 radical (unpaired) electrons. The number of ether oxygens (including phenoxy) is 2. The van der Waals surface area contributed by atoms with E-state index in [0.717, 1.165) is 44.3 Å². The molecule has 1 unspecified atom stereocenters. The standard InChI is InChI=1S/C20H25NO3/c1-13(23-2)14-3-4-16-10-17(6-5-15(16)9-14)18-7-8-20(11-18)12-24-19(22)21-20/h5-6,10,14,18H,1,3-4,7-9,11-12H2,2H3,(H,21,22)/t14?,18-,20-/m1/s1. The lowest BCUT2D eigenvalue weighted by Gasteiger charge is -2.26. The number of fused-ring (bicyclic) bond motifs is 1. The van der Waals surface area contributed by atoms with Crippen LogP contribution in [0.15, 0.2) is 30.5 Å². The van der Waals surface area contributed by atoms with E-state index in [-0.39, 0.29) is 11.6 Å². The van der Waals surface area contributed by atoms with Gasteiger partial charge >= 0.3 is 6.09 Å². The second-order valence-electron chi connectivity index (χ2n) is 7.56. The van der Waals surface area contributed by atoms with E-state index >= 15 is 0 Å². The van der Waals surface area contributed by atoms with Crippen LogP contribution >= 0.6 is 0 Å². The van der Waals surface area contributed by atoms with E-state index in [4.69, 9.17) is 9.47 Å². The van der Waals surface area contributed by atoms with Gasteiger partial charge in [0.05, 0.1) is 18.4 Å². The van der Waals surface area contributed by atoms with Crippen LogP contribution < -0.4 is 5.32 Å². The average molecular weight is 327 g/mol. The van der Waals surface area contributed by atoms with Gasteiger partial charge in [-0.3, -0.25) is 0 Å². The van der Waals surface area contributed by atoms with Crippen molar-refractivity contribution in [1.82, 2.24) is 5.32 Å². The molecule has 2 fully saturated rings. The molecule has 2 aliphatic carbocycles. The highest BCUT2D eigenvalue weighted by atomic mass is 16.6. The van der Waals surface area contributed by atoms with Gasteiger partial charge in [0.15, 0.2) is 0 Å². The molecule has 24 heavy (non-hydrogen) atoms. The van der Waals surface area contributed by atoms with Crippen LogP contribution in [0, 0.1) is 5.92 Å². The van der Waals surface area contributed by atoms with Crippen molar-refractivity contribution in [1.29, 1.82) is 0 Å². The van der Waals surface area contributed by atoms with Gasteiger partial charge in [-0.15, -0.1) is 0 Å². The number of amides is 1. The molecular formula is C20H25NO3. The van der Waals surface area contributed by atoms with Gasteiger partial charge in [0.2, 0.25) is 0 Å². The Morgan fingerprint density at radius 1 is 1.38 bits per heavy atom. The van der Waals surface area contributed by atoms with Gasteiger partial charge in [-0.25, -0.2) is 4.79 Å². The fourth-order valence-electron chi connectivity index (χ4n) is 4.62. The zero-order chi connectivity index (χ0) is 16.7. The predicted octanol–water partition coefficient (Wildman–Crippen LogP) is 3.70. The summed E-state index contributed by atoms with van der Waals surface area (Å²) in [6.45, 7) is 4.55. The molecule has 0 aromatic heterocycles. The maximum absolute atomic E-state index is 11.4. The Bertz CT molecular complexity index is 683. The van der Waals surface area contributed by atoms with Crippen LogP contribution in [0.2, 0.25) is 0 Å². The number of carbonyl (C=O) groups is 1. The van der Waals surface area contributed by atoms with Crippen LogP contribution in [0.1, 0.15) is 48.3 Å². The summed E-state index contributed by atoms with van der Waals surface area (Å²) in [7, 11) is 1.71. The summed E-state index contributed by atoms with van der Waals surface area (Å²) in [4.78, 5) is 11.4. The molecule has 1 saturated carbocycles. The van der Waals surface area contributed by atoms with Crippen molar-refractivity contribution in [2.75, 3.05) is 13.7 Å². The minimum atomic E-state index is -0.259. The van der Waals surface area contributed by atoms with Crippen molar-refractivity contribution in [3.63, 3.8) is 0 Å². The van der Waals surface area contributed by atoms with Crippen molar-refractivity contribution < 1.29 is 14.3 Å². The number of benzene rings is 1. The lowest BCUT2D eigenvalue weighted by Crippen LogP contribution is -2.40. The highest BCUT2D eigenvalue weighted by molar-refractivity contribution is 5.70. The third-order valence-corrected chi connectivity index (χ3v) is 6.10. The fraction of sp³-hybridized carbons (Fsp3) is 0.550. The van der Waals surface area contributed by atoms with Gasteiger partial charge in [0.25, 0.3) is 0 Å². The second kappa shape index (κ2) is 5.83. The molecule has 1 aliphatic heterocycles. The first-order valence-corrected chi connectivity index (χ1v) is 8.88. The quantitative estimate of drug-likeness (QED) is 0.861. The monoisotopic (exact) mass is 327 g/mol. The number of cyclic esters (lactones) is 1. The highest BCUT2D eigenvalue weighted by Crippen LogP contribution is 2.43. The van der Waals surface area contributed by atoms with Crippen molar-refractivity contribution in [2.45, 2.75) is 50.0 Å². The van der Waals surface area contributed by atoms with Crippen molar-refractivity contribution in [3.05, 3.63) is 47.2 Å². The second-order valence-corrected chi connectivity index (χ2v) is 7.56. The van der Waals surface area contributed by atoms with E-state index in [1.165, 1.54) is 16.7 Å². The number of aryl methyl sites for hydroxylation is 1. The molecular weight excluding hydrogens is 302 g/mol. The van der Waals surface area contributed by atoms with Gasteiger partial charge in [0, 0.05) is 5.92 Å². The molecule has 4 rings (SSSR count). The third-order valence-electron chi connectivity index (χ3n) is 6.10. The Labute approximate surface area is 143 Å². The van der Waals surface area contributed by atoms with E-state index < -0.39 is 0 Å². The Morgan fingerprint density at radius 3 is 3.00 bits per heavy atom. The molecule has 1 heterocycles. The minimum Gasteiger partial charge on any atom is -0.501 e.